The van der Waals surface area contributed by atoms with Gasteiger partial charge >= 0.3 is 0 Å². The fraction of sp³-hybridized carbons (Fsp3) is 0.471. The van der Waals surface area contributed by atoms with E-state index in [1.807, 2.05) is 11.0 Å². The number of carbonyl (C=O) groups excluding carboxylic acids is 2. The van der Waals surface area contributed by atoms with E-state index in [9.17, 15) is 9.59 Å². The van der Waals surface area contributed by atoms with Crippen LogP contribution in [0.3, 0.4) is 0 Å². The predicted octanol–water partition coefficient (Wildman–Crippen LogP) is 1.44. The van der Waals surface area contributed by atoms with Crippen LogP contribution in [0.25, 0.3) is 0 Å². The maximum Gasteiger partial charge on any atom is 0.254 e. The standard InChI is InChI=1S/C17H22N4O2.ClH/c18-9-8-16(22)20-12-15-3-1-2-10-21(15)17(23)14-6-4-13(11-19)5-7-14;/h4-7,15H,1-3,8-10,12,18H2,(H,20,22);1H. The van der Waals surface area contributed by atoms with E-state index >= 15 is 0 Å². The molecule has 1 aliphatic rings. The van der Waals surface area contributed by atoms with Crippen molar-refractivity contribution in [1.29, 1.82) is 5.26 Å². The summed E-state index contributed by atoms with van der Waals surface area (Å²) in [7, 11) is 0. The monoisotopic (exact) mass is 350 g/mol. The third-order valence-electron chi connectivity index (χ3n) is 4.06. The van der Waals surface area contributed by atoms with Gasteiger partial charge in [-0.05, 0) is 43.5 Å². The highest BCUT2D eigenvalue weighted by molar-refractivity contribution is 5.94. The molecule has 1 saturated heterocycles. The van der Waals surface area contributed by atoms with Crippen molar-refractivity contribution in [3.63, 3.8) is 0 Å². The second kappa shape index (κ2) is 9.91. The SMILES string of the molecule is Cl.N#Cc1ccc(C(=O)N2CCCCC2CNC(=O)CCN)cc1. The number of hydrogen-bond acceptors (Lipinski definition) is 4. The molecular weight excluding hydrogens is 328 g/mol. The van der Waals surface area contributed by atoms with Gasteiger partial charge in [-0.2, -0.15) is 5.26 Å². The number of halogens is 1. The normalized spacial score (nSPS) is 16.7. The lowest BCUT2D eigenvalue weighted by Gasteiger charge is -2.36. The maximum absolute atomic E-state index is 12.7. The van der Waals surface area contributed by atoms with Crippen molar-refractivity contribution < 1.29 is 9.59 Å². The fourth-order valence-electron chi connectivity index (χ4n) is 2.78. The molecule has 7 heteroatoms. The lowest BCUT2D eigenvalue weighted by molar-refractivity contribution is -0.121. The Labute approximate surface area is 148 Å². The minimum Gasteiger partial charge on any atom is -0.354 e. The Balaban J connectivity index is 0.00000288. The van der Waals surface area contributed by atoms with E-state index in [0.29, 0.717) is 37.2 Å². The second-order valence-corrected chi connectivity index (χ2v) is 5.68. The summed E-state index contributed by atoms with van der Waals surface area (Å²) in [5.74, 6) is -0.129. The molecule has 0 aromatic heterocycles. The molecule has 1 unspecified atom stereocenters. The zero-order valence-electron chi connectivity index (χ0n) is 13.5. The number of nitrogens with zero attached hydrogens (tertiary/aromatic N) is 2. The number of nitrogens with one attached hydrogen (secondary N) is 1. The molecule has 0 aliphatic carbocycles. The highest BCUT2D eigenvalue weighted by Gasteiger charge is 2.27. The Morgan fingerprint density at radius 1 is 1.29 bits per heavy atom. The molecule has 1 aromatic rings. The van der Waals surface area contributed by atoms with Crippen LogP contribution in [0, 0.1) is 11.3 Å². The second-order valence-electron chi connectivity index (χ2n) is 5.68. The van der Waals surface area contributed by atoms with Crippen LogP contribution in [0.2, 0.25) is 0 Å². The topological polar surface area (TPSA) is 99.2 Å². The third kappa shape index (κ3) is 5.22. The first kappa shape index (κ1) is 19.9. The van der Waals surface area contributed by atoms with Gasteiger partial charge in [-0.1, -0.05) is 0 Å². The van der Waals surface area contributed by atoms with Crippen molar-refractivity contribution in [2.24, 2.45) is 5.73 Å². The first-order valence-corrected chi connectivity index (χ1v) is 7.93. The number of benzene rings is 1. The van der Waals surface area contributed by atoms with Gasteiger partial charge in [0.25, 0.3) is 5.91 Å². The van der Waals surface area contributed by atoms with E-state index in [4.69, 9.17) is 11.0 Å². The molecule has 1 fully saturated rings. The van der Waals surface area contributed by atoms with Crippen molar-refractivity contribution in [3.8, 4) is 6.07 Å². The molecular formula is C17H23ClN4O2. The van der Waals surface area contributed by atoms with Crippen molar-refractivity contribution in [3.05, 3.63) is 35.4 Å². The number of nitrogens with two attached hydrogens (primary N) is 1. The van der Waals surface area contributed by atoms with Crippen LogP contribution in [0.1, 0.15) is 41.6 Å². The molecule has 0 radical (unpaired) electrons. The van der Waals surface area contributed by atoms with Crippen LogP contribution < -0.4 is 11.1 Å². The molecule has 1 aromatic carbocycles. The van der Waals surface area contributed by atoms with Crippen LogP contribution in [0.5, 0.6) is 0 Å². The molecule has 1 aliphatic heterocycles. The van der Waals surface area contributed by atoms with Crippen LogP contribution in [-0.2, 0) is 4.79 Å². The average Bonchev–Trinajstić information content (AvgIpc) is 2.60. The summed E-state index contributed by atoms with van der Waals surface area (Å²) < 4.78 is 0. The van der Waals surface area contributed by atoms with Gasteiger partial charge in [-0.3, -0.25) is 9.59 Å². The number of likely N-dealkylation sites (tertiary alicyclic amines) is 1. The summed E-state index contributed by atoms with van der Waals surface area (Å²) >= 11 is 0. The first-order valence-electron chi connectivity index (χ1n) is 7.93. The zero-order chi connectivity index (χ0) is 16.7. The minimum absolute atomic E-state index is 0. The number of hydrogen-bond donors (Lipinski definition) is 2. The molecule has 24 heavy (non-hydrogen) atoms. The average molecular weight is 351 g/mol. The van der Waals surface area contributed by atoms with Crippen molar-refractivity contribution in [2.45, 2.75) is 31.7 Å². The fourth-order valence-corrected chi connectivity index (χ4v) is 2.78. The minimum atomic E-state index is -0.0798. The Morgan fingerprint density at radius 2 is 2.00 bits per heavy atom. The number of amides is 2. The molecule has 2 rings (SSSR count). The first-order chi connectivity index (χ1) is 11.2. The smallest absolute Gasteiger partial charge is 0.254 e. The molecule has 2 amide bonds. The van der Waals surface area contributed by atoms with E-state index in [-0.39, 0.29) is 30.3 Å². The van der Waals surface area contributed by atoms with Crippen LogP contribution in [-0.4, -0.2) is 42.4 Å². The van der Waals surface area contributed by atoms with Crippen molar-refractivity contribution in [1.82, 2.24) is 10.2 Å². The van der Waals surface area contributed by atoms with E-state index in [0.717, 1.165) is 19.3 Å². The summed E-state index contributed by atoms with van der Waals surface area (Å²) in [4.78, 5) is 26.1. The van der Waals surface area contributed by atoms with E-state index in [1.165, 1.54) is 0 Å². The van der Waals surface area contributed by atoms with Crippen molar-refractivity contribution >= 4 is 24.2 Å². The summed E-state index contributed by atoms with van der Waals surface area (Å²) in [6, 6.07) is 8.71. The summed E-state index contributed by atoms with van der Waals surface area (Å²) in [6.07, 6.45) is 3.20. The molecule has 1 heterocycles. The number of rotatable bonds is 5. The predicted molar refractivity (Wildman–Crippen MR) is 93.8 cm³/mol. The highest BCUT2D eigenvalue weighted by Crippen LogP contribution is 2.19. The van der Waals surface area contributed by atoms with E-state index in [2.05, 4.69) is 5.32 Å². The summed E-state index contributed by atoms with van der Waals surface area (Å²) in [5.41, 5.74) is 6.47. The highest BCUT2D eigenvalue weighted by atomic mass is 35.5. The zero-order valence-corrected chi connectivity index (χ0v) is 14.3. The Kier molecular flexibility index (Phi) is 8.24. The van der Waals surface area contributed by atoms with Gasteiger partial charge in [0.15, 0.2) is 0 Å². The van der Waals surface area contributed by atoms with Gasteiger partial charge in [0.05, 0.1) is 11.6 Å². The van der Waals surface area contributed by atoms with Gasteiger partial charge in [0.2, 0.25) is 5.91 Å². The molecule has 0 saturated carbocycles. The molecule has 130 valence electrons. The Morgan fingerprint density at radius 3 is 2.62 bits per heavy atom. The molecule has 0 spiro atoms. The maximum atomic E-state index is 12.7. The lowest BCUT2D eigenvalue weighted by atomic mass is 10.00. The van der Waals surface area contributed by atoms with E-state index in [1.54, 1.807) is 24.3 Å². The number of nitriles is 1. The largest absolute Gasteiger partial charge is 0.354 e. The molecule has 0 bridgehead atoms. The third-order valence-corrected chi connectivity index (χ3v) is 4.06. The Hall–Kier alpha value is -2.10. The van der Waals surface area contributed by atoms with Gasteiger partial charge in [0.1, 0.15) is 0 Å². The number of piperidine rings is 1. The summed E-state index contributed by atoms with van der Waals surface area (Å²) in [5, 5.41) is 11.7. The quantitative estimate of drug-likeness (QED) is 0.839. The van der Waals surface area contributed by atoms with Crippen LogP contribution in [0.4, 0.5) is 0 Å². The van der Waals surface area contributed by atoms with Crippen LogP contribution >= 0.6 is 12.4 Å². The molecule has 3 N–H and O–H groups in total. The van der Waals surface area contributed by atoms with Gasteiger partial charge < -0.3 is 16.0 Å². The van der Waals surface area contributed by atoms with Gasteiger partial charge in [-0.15, -0.1) is 12.4 Å². The van der Waals surface area contributed by atoms with Gasteiger partial charge in [-0.25, -0.2) is 0 Å². The molecule has 1 atom stereocenters. The Bertz CT molecular complexity index is 598. The summed E-state index contributed by atoms with van der Waals surface area (Å²) in [6.45, 7) is 1.47. The number of carbonyl (C=O) groups is 2. The molecule has 6 nitrogen and oxygen atoms in total. The lowest BCUT2D eigenvalue weighted by Crippen LogP contribution is -2.49. The van der Waals surface area contributed by atoms with Crippen molar-refractivity contribution in [2.75, 3.05) is 19.6 Å². The van der Waals surface area contributed by atoms with Gasteiger partial charge in [0, 0.05) is 37.7 Å². The van der Waals surface area contributed by atoms with Crippen LogP contribution in [0.15, 0.2) is 24.3 Å². The van der Waals surface area contributed by atoms with E-state index < -0.39 is 0 Å².